The van der Waals surface area contributed by atoms with E-state index in [-0.39, 0.29) is 17.1 Å². The number of rotatable bonds is 6. The lowest BCUT2D eigenvalue weighted by Gasteiger charge is -2.28. The van der Waals surface area contributed by atoms with Crippen LogP contribution in [0.1, 0.15) is 12.8 Å². The maximum Gasteiger partial charge on any atom is 0.387 e. The number of pyridine rings is 1. The van der Waals surface area contributed by atoms with Crippen molar-refractivity contribution in [2.45, 2.75) is 42.0 Å². The number of hydrogen-bond acceptors (Lipinski definition) is 7. The molecule has 1 aromatic carbocycles. The van der Waals surface area contributed by atoms with Crippen molar-refractivity contribution in [2.75, 3.05) is 29.6 Å². The Morgan fingerprint density at radius 1 is 1.33 bits per heavy atom. The third-order valence-electron chi connectivity index (χ3n) is 5.82. The van der Waals surface area contributed by atoms with Crippen LogP contribution in [0.3, 0.4) is 0 Å². The summed E-state index contributed by atoms with van der Waals surface area (Å²) in [4.78, 5) is 18.1. The Labute approximate surface area is 201 Å². The number of ether oxygens (including phenoxy) is 2. The van der Waals surface area contributed by atoms with Crippen molar-refractivity contribution in [1.29, 1.82) is 4.78 Å². The molecule has 4 rings (SSSR count). The van der Waals surface area contributed by atoms with Crippen molar-refractivity contribution < 1.29 is 44.8 Å². The van der Waals surface area contributed by atoms with Gasteiger partial charge in [-0.15, -0.1) is 0 Å². The Kier molecular flexibility index (Phi) is 6.58. The lowest BCUT2D eigenvalue weighted by molar-refractivity contribution is -0.117. The number of alkyl halides is 4. The lowest BCUT2D eigenvalue weighted by Crippen LogP contribution is -2.40. The number of amides is 1. The summed E-state index contributed by atoms with van der Waals surface area (Å²) in [5.41, 5.74) is -1.97. The summed E-state index contributed by atoms with van der Waals surface area (Å²) in [6.45, 7) is -4.90. The number of benzene rings is 1. The third kappa shape index (κ3) is 5.21. The van der Waals surface area contributed by atoms with Gasteiger partial charge in [-0.2, -0.15) is 13.2 Å². The van der Waals surface area contributed by atoms with E-state index < -0.39 is 82.5 Å². The Balaban J connectivity index is 1.72. The van der Waals surface area contributed by atoms with Crippen molar-refractivity contribution in [1.82, 2.24) is 4.98 Å². The van der Waals surface area contributed by atoms with Crippen LogP contribution in [0.25, 0.3) is 0 Å². The van der Waals surface area contributed by atoms with Crippen molar-refractivity contribution >= 4 is 27.0 Å². The van der Waals surface area contributed by atoms with E-state index in [0.717, 1.165) is 17.2 Å². The van der Waals surface area contributed by atoms with Gasteiger partial charge >= 0.3 is 6.61 Å². The molecule has 0 saturated carbocycles. The van der Waals surface area contributed by atoms with Crippen LogP contribution in [0.5, 0.6) is 5.75 Å². The monoisotopic (exact) mass is 538 g/mol. The summed E-state index contributed by atoms with van der Waals surface area (Å²) in [5, 5.41) is 2.35. The molecule has 1 amide bonds. The van der Waals surface area contributed by atoms with E-state index >= 15 is 0 Å². The lowest BCUT2D eigenvalue weighted by atomic mass is 9.95. The van der Waals surface area contributed by atoms with Gasteiger partial charge in [-0.3, -0.25) is 4.79 Å². The fourth-order valence-corrected chi connectivity index (χ4v) is 4.99. The molecule has 2 fully saturated rings. The van der Waals surface area contributed by atoms with Crippen LogP contribution < -0.4 is 15.0 Å². The van der Waals surface area contributed by atoms with Gasteiger partial charge in [-0.1, -0.05) is 0 Å². The predicted octanol–water partition coefficient (Wildman–Crippen LogP) is 4.01. The predicted molar refractivity (Wildman–Crippen MR) is 115 cm³/mol. The molecule has 2 aliphatic heterocycles. The Morgan fingerprint density at radius 3 is 2.67 bits per heavy atom. The zero-order chi connectivity index (χ0) is 26.5. The summed E-state index contributed by atoms with van der Waals surface area (Å²) in [5.74, 6) is -8.46. The number of halogens is 6. The maximum absolute atomic E-state index is 14.4. The Hall–Kier alpha value is -3.07. The molecule has 36 heavy (non-hydrogen) atoms. The summed E-state index contributed by atoms with van der Waals surface area (Å²) < 4.78 is 111. The van der Waals surface area contributed by atoms with Gasteiger partial charge in [0.05, 0.1) is 21.0 Å². The number of anilines is 2. The van der Waals surface area contributed by atoms with Crippen molar-refractivity contribution in [3.8, 4) is 5.75 Å². The molecular formula is C21H20F6N4O4S. The molecule has 2 aliphatic rings. The first-order valence-electron chi connectivity index (χ1n) is 10.4. The highest BCUT2D eigenvalue weighted by Gasteiger charge is 2.58. The number of nitrogens with one attached hydrogen (secondary N) is 2. The molecule has 15 heteroatoms. The first kappa shape index (κ1) is 26.0. The van der Waals surface area contributed by atoms with Crippen molar-refractivity contribution in [3.05, 3.63) is 42.1 Å². The summed E-state index contributed by atoms with van der Waals surface area (Å²) in [6.07, 6.45) is 1.20. The molecule has 3 heterocycles. The van der Waals surface area contributed by atoms with E-state index in [1.165, 1.54) is 18.3 Å². The Bertz CT molecular complexity index is 1300. The van der Waals surface area contributed by atoms with E-state index in [1.807, 2.05) is 0 Å². The zero-order valence-corrected chi connectivity index (χ0v) is 19.4. The summed E-state index contributed by atoms with van der Waals surface area (Å²) in [6, 6.07) is 2.69. The second kappa shape index (κ2) is 9.10. The quantitative estimate of drug-likeness (QED) is 0.539. The van der Waals surface area contributed by atoms with Crippen LogP contribution in [-0.2, 0) is 19.3 Å². The summed E-state index contributed by atoms with van der Waals surface area (Å²) >= 11 is 0. The highest BCUT2D eigenvalue weighted by atomic mass is 32.2. The van der Waals surface area contributed by atoms with Crippen LogP contribution in [0.2, 0.25) is 0 Å². The highest BCUT2D eigenvalue weighted by Crippen LogP contribution is 2.48. The average Bonchev–Trinajstić information content (AvgIpc) is 3.29. The highest BCUT2D eigenvalue weighted by molar-refractivity contribution is 7.91. The number of hydrogen-bond donors (Lipinski definition) is 2. The normalized spacial score (nSPS) is 24.8. The molecule has 196 valence electrons. The van der Waals surface area contributed by atoms with Gasteiger partial charge in [0.15, 0.2) is 11.6 Å². The molecule has 2 saturated heterocycles. The van der Waals surface area contributed by atoms with Gasteiger partial charge in [-0.05, 0) is 24.3 Å². The smallest absolute Gasteiger partial charge is 0.387 e. The molecule has 0 bridgehead atoms. The number of carbonyl (C=O) groups excluding carboxylic acids is 1. The molecule has 2 N–H and O–H groups in total. The van der Waals surface area contributed by atoms with Gasteiger partial charge in [0.25, 0.3) is 5.92 Å². The van der Waals surface area contributed by atoms with Gasteiger partial charge < -0.3 is 19.7 Å². The van der Waals surface area contributed by atoms with E-state index in [4.69, 9.17) is 9.52 Å². The molecule has 3 atom stereocenters. The molecule has 1 unspecified atom stereocenters. The third-order valence-corrected chi connectivity index (χ3v) is 6.84. The largest absolute Gasteiger partial charge is 0.429 e. The number of nitrogens with zero attached hydrogens (tertiary/aromatic N) is 2. The van der Waals surface area contributed by atoms with E-state index in [1.54, 1.807) is 0 Å². The second-order valence-electron chi connectivity index (χ2n) is 8.66. The number of carbonyl (C=O) groups is 1. The fraction of sp³-hybridized carbons (Fsp3) is 0.429. The molecule has 8 nitrogen and oxygen atoms in total. The topological polar surface area (TPSA) is 105 Å². The van der Waals surface area contributed by atoms with Gasteiger partial charge in [0.1, 0.15) is 17.7 Å². The second-order valence-corrected chi connectivity index (χ2v) is 10.8. The minimum Gasteiger partial charge on any atom is -0.429 e. The van der Waals surface area contributed by atoms with Crippen LogP contribution in [0, 0.1) is 16.4 Å². The molecule has 1 aromatic heterocycles. The summed E-state index contributed by atoms with van der Waals surface area (Å²) in [7, 11) is -3.23. The van der Waals surface area contributed by atoms with Gasteiger partial charge in [0, 0.05) is 37.5 Å². The first-order chi connectivity index (χ1) is 16.7. The minimum atomic E-state index is -3.54. The van der Waals surface area contributed by atoms with Gasteiger partial charge in [-0.25, -0.2) is 27.1 Å². The van der Waals surface area contributed by atoms with Crippen LogP contribution in [-0.4, -0.2) is 58.7 Å². The van der Waals surface area contributed by atoms with E-state index in [0.29, 0.717) is 6.07 Å². The first-order valence-corrected chi connectivity index (χ1v) is 12.4. The average molecular weight is 538 g/mol. The van der Waals surface area contributed by atoms with Crippen molar-refractivity contribution in [3.63, 3.8) is 0 Å². The van der Waals surface area contributed by atoms with Gasteiger partial charge in [0.2, 0.25) is 11.7 Å². The maximum atomic E-state index is 14.4. The van der Waals surface area contributed by atoms with Crippen LogP contribution >= 0.6 is 0 Å². The van der Waals surface area contributed by atoms with Crippen molar-refractivity contribution in [2.24, 2.45) is 0 Å². The molecule has 0 aliphatic carbocycles. The van der Waals surface area contributed by atoms with Crippen LogP contribution in [0.4, 0.5) is 37.7 Å². The molecular weight excluding hydrogens is 518 g/mol. The molecule has 1 spiro atoms. The zero-order valence-electron chi connectivity index (χ0n) is 18.6. The fourth-order valence-electron chi connectivity index (χ4n) is 4.37. The van der Waals surface area contributed by atoms with E-state index in [9.17, 15) is 35.3 Å². The SMILES string of the molecule is C[S@@](=N)(=O)c1cc(NC(=O)[C@H]2CC3(CN2c2ccc(F)c(F)c2OC(F)F)CC(F)(F)CO3)ccn1. The molecule has 0 radical (unpaired) electrons. The number of aromatic nitrogens is 1. The standard InChI is InChI=1S/C21H20F6N4O4S/c1-36(28,33)15-6-11(4-5-29-15)30-18(32)14-7-20(8-21(26,27)10-34-20)9-31(14)13-3-2-12(22)16(23)17(13)35-19(24)25/h2-6,14,19,28H,7-10H2,1H3,(H,29,30,32)/t14-,20?,36-/m1/s1. The Morgan fingerprint density at radius 2 is 2.06 bits per heavy atom. The van der Waals surface area contributed by atoms with Crippen LogP contribution in [0.15, 0.2) is 35.5 Å². The minimum absolute atomic E-state index is 0.0692. The van der Waals surface area contributed by atoms with E-state index in [2.05, 4.69) is 15.0 Å². The molecule has 2 aromatic rings.